The lowest BCUT2D eigenvalue weighted by Gasteiger charge is -2.31. The van der Waals surface area contributed by atoms with Crippen molar-refractivity contribution in [2.45, 2.75) is 24.7 Å². The third-order valence-electron chi connectivity index (χ3n) is 6.00. The van der Waals surface area contributed by atoms with Gasteiger partial charge < -0.3 is 14.8 Å². The number of aromatic amines is 1. The summed E-state index contributed by atoms with van der Waals surface area (Å²) < 4.78 is 38.7. The van der Waals surface area contributed by atoms with Crippen molar-refractivity contribution in [2.75, 3.05) is 31.6 Å². The molecule has 3 heterocycles. The number of aryl methyl sites for hydroxylation is 1. The van der Waals surface area contributed by atoms with Crippen molar-refractivity contribution < 1.29 is 22.7 Å². The van der Waals surface area contributed by atoms with Crippen LogP contribution in [0.15, 0.2) is 47.4 Å². The van der Waals surface area contributed by atoms with Crippen molar-refractivity contribution in [3.8, 4) is 22.9 Å². The molecule has 0 aliphatic carbocycles. The molecule has 0 saturated carbocycles. The number of hydrogen-bond acceptors (Lipinski definition) is 7. The molecule has 3 aromatic rings. The summed E-state index contributed by atoms with van der Waals surface area (Å²) in [5.74, 6) is 1.73. The highest BCUT2D eigenvalue weighted by Crippen LogP contribution is 2.34. The van der Waals surface area contributed by atoms with E-state index < -0.39 is 10.0 Å². The van der Waals surface area contributed by atoms with E-state index in [4.69, 9.17) is 9.47 Å². The highest BCUT2D eigenvalue weighted by Gasteiger charge is 2.33. The molecule has 2 aliphatic heterocycles. The predicted octanol–water partition coefficient (Wildman–Crippen LogP) is 2.59. The molecule has 5 rings (SSSR count). The van der Waals surface area contributed by atoms with Crippen LogP contribution < -0.4 is 14.8 Å². The minimum atomic E-state index is -3.70. The molecular formula is C23H25N5O5S. The zero-order valence-electron chi connectivity index (χ0n) is 18.7. The molecule has 0 radical (unpaired) electrons. The lowest BCUT2D eigenvalue weighted by molar-refractivity contribution is -0.120. The van der Waals surface area contributed by atoms with E-state index in [0.29, 0.717) is 54.9 Å². The second-order valence-corrected chi connectivity index (χ2v) is 10.2. The van der Waals surface area contributed by atoms with Gasteiger partial charge in [0, 0.05) is 30.6 Å². The molecule has 0 atom stereocenters. The Balaban J connectivity index is 1.25. The summed E-state index contributed by atoms with van der Waals surface area (Å²) in [4.78, 5) is 17.5. The number of hydrogen-bond donors (Lipinski definition) is 2. The second kappa shape index (κ2) is 9.07. The third-order valence-corrected chi connectivity index (χ3v) is 7.89. The number of nitrogens with zero attached hydrogens (tertiary/aromatic N) is 3. The summed E-state index contributed by atoms with van der Waals surface area (Å²) >= 11 is 0. The Hall–Kier alpha value is -3.44. The highest BCUT2D eigenvalue weighted by atomic mass is 32.2. The summed E-state index contributed by atoms with van der Waals surface area (Å²) in [6, 6.07) is 12.0. The van der Waals surface area contributed by atoms with Crippen LogP contribution in [0.5, 0.6) is 11.5 Å². The number of nitrogens with one attached hydrogen (secondary N) is 2. The molecule has 1 saturated heterocycles. The minimum Gasteiger partial charge on any atom is -0.486 e. The maximum Gasteiger partial charge on any atom is 0.243 e. The van der Waals surface area contributed by atoms with Crippen molar-refractivity contribution in [1.29, 1.82) is 0 Å². The number of benzene rings is 2. The molecule has 11 heteroatoms. The summed E-state index contributed by atoms with van der Waals surface area (Å²) in [6.45, 7) is 3.16. The number of piperidine rings is 1. The number of anilines is 1. The Labute approximate surface area is 197 Å². The van der Waals surface area contributed by atoms with Gasteiger partial charge in [-0.3, -0.25) is 9.89 Å². The number of carbonyl (C=O) groups excluding carboxylic acids is 1. The van der Waals surface area contributed by atoms with Crippen molar-refractivity contribution in [1.82, 2.24) is 19.5 Å². The lowest BCUT2D eigenvalue weighted by Crippen LogP contribution is -2.41. The molecular weight excluding hydrogens is 458 g/mol. The van der Waals surface area contributed by atoms with E-state index in [2.05, 4.69) is 20.5 Å². The van der Waals surface area contributed by atoms with Crippen molar-refractivity contribution in [2.24, 2.45) is 5.92 Å². The molecule has 0 bridgehead atoms. The SMILES string of the molecule is Cc1nc(-c2ccccc2NC(=O)C2CCN(S(=O)(=O)c3ccc4c(c3)OCCO4)CC2)n[nH]1. The largest absolute Gasteiger partial charge is 0.486 e. The van der Waals surface area contributed by atoms with E-state index in [1.165, 1.54) is 16.4 Å². The smallest absolute Gasteiger partial charge is 0.243 e. The first-order chi connectivity index (χ1) is 16.4. The Morgan fingerprint density at radius 3 is 2.56 bits per heavy atom. The summed E-state index contributed by atoms with van der Waals surface area (Å²) in [5.41, 5.74) is 1.34. The fraction of sp³-hybridized carbons (Fsp3) is 0.348. The number of H-pyrrole nitrogens is 1. The van der Waals surface area contributed by atoms with Crippen molar-refractivity contribution >= 4 is 21.6 Å². The minimum absolute atomic E-state index is 0.143. The van der Waals surface area contributed by atoms with Gasteiger partial charge >= 0.3 is 0 Å². The number of fused-ring (bicyclic) bond motifs is 1. The van der Waals surface area contributed by atoms with Gasteiger partial charge in [-0.25, -0.2) is 13.4 Å². The van der Waals surface area contributed by atoms with Gasteiger partial charge in [-0.1, -0.05) is 12.1 Å². The van der Waals surface area contributed by atoms with Gasteiger partial charge in [0.15, 0.2) is 17.3 Å². The van der Waals surface area contributed by atoms with Crippen molar-refractivity contribution in [3.63, 3.8) is 0 Å². The van der Waals surface area contributed by atoms with Crippen LogP contribution in [-0.4, -0.2) is 60.1 Å². The zero-order chi connectivity index (χ0) is 23.7. The Morgan fingerprint density at radius 1 is 1.09 bits per heavy atom. The second-order valence-electron chi connectivity index (χ2n) is 8.26. The Morgan fingerprint density at radius 2 is 1.82 bits per heavy atom. The fourth-order valence-electron chi connectivity index (χ4n) is 4.18. The number of amides is 1. The molecule has 1 amide bonds. The molecule has 2 aromatic carbocycles. The average Bonchev–Trinajstić information content (AvgIpc) is 3.30. The van der Waals surface area contributed by atoms with Gasteiger partial charge in [0.2, 0.25) is 15.9 Å². The highest BCUT2D eigenvalue weighted by molar-refractivity contribution is 7.89. The van der Waals surface area contributed by atoms with Gasteiger partial charge in [0.05, 0.1) is 10.6 Å². The van der Waals surface area contributed by atoms with Gasteiger partial charge in [-0.2, -0.15) is 9.40 Å². The molecule has 2 N–H and O–H groups in total. The van der Waals surface area contributed by atoms with E-state index in [1.807, 2.05) is 25.1 Å². The van der Waals surface area contributed by atoms with Crippen LogP contribution in [0, 0.1) is 12.8 Å². The van der Waals surface area contributed by atoms with Crippen LogP contribution in [-0.2, 0) is 14.8 Å². The number of rotatable bonds is 5. The molecule has 1 fully saturated rings. The molecule has 0 unspecified atom stereocenters. The van der Waals surface area contributed by atoms with Crippen LogP contribution >= 0.6 is 0 Å². The van der Waals surface area contributed by atoms with Gasteiger partial charge in [0.1, 0.15) is 19.0 Å². The predicted molar refractivity (Wildman–Crippen MR) is 124 cm³/mol. The van der Waals surface area contributed by atoms with Crippen LogP contribution in [0.2, 0.25) is 0 Å². The summed E-state index contributed by atoms with van der Waals surface area (Å²) in [6.07, 6.45) is 0.856. The number of para-hydroxylation sites is 1. The monoisotopic (exact) mass is 483 g/mol. The van der Waals surface area contributed by atoms with E-state index in [-0.39, 0.29) is 29.8 Å². The number of ether oxygens (including phenoxy) is 2. The lowest BCUT2D eigenvalue weighted by atomic mass is 9.97. The van der Waals surface area contributed by atoms with Crippen molar-refractivity contribution in [3.05, 3.63) is 48.3 Å². The maximum absolute atomic E-state index is 13.2. The summed E-state index contributed by atoms with van der Waals surface area (Å²) in [5, 5.41) is 9.97. The molecule has 0 spiro atoms. The van der Waals surface area contributed by atoms with E-state index in [0.717, 1.165) is 5.56 Å². The van der Waals surface area contributed by atoms with E-state index >= 15 is 0 Å². The van der Waals surface area contributed by atoms with Crippen LogP contribution in [0.3, 0.4) is 0 Å². The summed E-state index contributed by atoms with van der Waals surface area (Å²) in [7, 11) is -3.70. The third kappa shape index (κ3) is 4.36. The zero-order valence-corrected chi connectivity index (χ0v) is 19.5. The van der Waals surface area contributed by atoms with Crippen LogP contribution in [0.4, 0.5) is 5.69 Å². The van der Waals surface area contributed by atoms with Crippen LogP contribution in [0.25, 0.3) is 11.4 Å². The average molecular weight is 484 g/mol. The van der Waals surface area contributed by atoms with E-state index in [9.17, 15) is 13.2 Å². The quantitative estimate of drug-likeness (QED) is 0.571. The maximum atomic E-state index is 13.2. The van der Waals surface area contributed by atoms with E-state index in [1.54, 1.807) is 12.1 Å². The standard InChI is InChI=1S/C23H25N5O5S/c1-15-24-22(27-26-15)18-4-2-3-5-19(18)25-23(29)16-8-10-28(11-9-16)34(30,31)17-6-7-20-21(14-17)33-13-12-32-20/h2-7,14,16H,8-13H2,1H3,(H,25,29)(H,24,26,27). The normalized spacial score (nSPS) is 16.9. The van der Waals surface area contributed by atoms with Gasteiger partial charge in [0.25, 0.3) is 0 Å². The number of aromatic nitrogens is 3. The number of carbonyl (C=O) groups is 1. The molecule has 34 heavy (non-hydrogen) atoms. The van der Waals surface area contributed by atoms with Gasteiger partial charge in [-0.15, -0.1) is 0 Å². The van der Waals surface area contributed by atoms with Gasteiger partial charge in [-0.05, 0) is 44.0 Å². The molecule has 1 aromatic heterocycles. The first kappa shape index (κ1) is 22.4. The topological polar surface area (TPSA) is 127 Å². The molecule has 2 aliphatic rings. The number of sulfonamides is 1. The molecule has 178 valence electrons. The molecule has 10 nitrogen and oxygen atoms in total. The first-order valence-corrected chi connectivity index (χ1v) is 12.5. The van der Waals surface area contributed by atoms with Crippen LogP contribution in [0.1, 0.15) is 18.7 Å². The fourth-order valence-corrected chi connectivity index (χ4v) is 5.66. The first-order valence-electron chi connectivity index (χ1n) is 11.1. The Kier molecular flexibility index (Phi) is 5.96. The Bertz CT molecular complexity index is 1310.